The highest BCUT2D eigenvalue weighted by Crippen LogP contribution is 2.28. The van der Waals surface area contributed by atoms with E-state index < -0.39 is 11.8 Å². The summed E-state index contributed by atoms with van der Waals surface area (Å²) >= 11 is 0. The van der Waals surface area contributed by atoms with Gasteiger partial charge >= 0.3 is 5.97 Å². The average molecular weight is 436 g/mol. The summed E-state index contributed by atoms with van der Waals surface area (Å²) in [6, 6.07) is 14.8. The maximum absolute atomic E-state index is 11.5. The van der Waals surface area contributed by atoms with Crippen molar-refractivity contribution in [3.63, 3.8) is 0 Å². The summed E-state index contributed by atoms with van der Waals surface area (Å²) < 4.78 is 13.1. The molecular weight excluding hydrogens is 406 g/mol. The molecule has 3 rings (SSSR count). The van der Waals surface area contributed by atoms with E-state index in [1.54, 1.807) is 26.4 Å². The molecule has 2 aromatic carbocycles. The highest BCUT2D eigenvalue weighted by atomic mass is 16.7. The quantitative estimate of drug-likeness (QED) is 0.368. The molecule has 0 amide bonds. The van der Waals surface area contributed by atoms with Crippen LogP contribution in [0.4, 0.5) is 0 Å². The second-order valence-electron chi connectivity index (χ2n) is 7.34. The lowest BCUT2D eigenvalue weighted by Crippen LogP contribution is -2.31. The van der Waals surface area contributed by atoms with Crippen LogP contribution in [-0.4, -0.2) is 40.1 Å². The van der Waals surface area contributed by atoms with E-state index in [1.165, 1.54) is 0 Å². The maximum atomic E-state index is 11.5. The number of benzene rings is 2. The Morgan fingerprint density at radius 1 is 1.12 bits per heavy atom. The maximum Gasteiger partial charge on any atom is 0.336 e. The highest BCUT2D eigenvalue weighted by molar-refractivity contribution is 5.95. The van der Waals surface area contributed by atoms with Gasteiger partial charge in [-0.25, -0.2) is 14.5 Å². The largest absolute Gasteiger partial charge is 0.478 e. The van der Waals surface area contributed by atoms with Gasteiger partial charge in [0.05, 0.1) is 12.1 Å². The number of carboxylic acids is 1. The molecule has 168 valence electrons. The molecule has 1 heterocycles. The van der Waals surface area contributed by atoms with Crippen LogP contribution in [0.15, 0.2) is 60.7 Å². The van der Waals surface area contributed by atoms with E-state index in [9.17, 15) is 9.90 Å². The molecule has 32 heavy (non-hydrogen) atoms. The smallest absolute Gasteiger partial charge is 0.336 e. The molecule has 1 N–H and O–H groups in total. The SMILES string of the molecule is C/C=C/Cc1nc(C(CC)(OC)OC)nn1Cc1ccc(-c2ccccc2C(=O)O)cc1. The molecule has 7 heteroatoms. The number of allylic oxidation sites excluding steroid dienone is 2. The standard InChI is InChI=1S/C25H29N3O4/c1-5-7-12-22-26-24(25(6-2,31-3)32-4)27-28(22)17-18-13-15-19(16-14-18)20-10-8-9-11-21(20)23(29)30/h5,7-11,13-16H,6,12,17H2,1-4H3,(H,29,30)/b7-5+. The molecule has 0 radical (unpaired) electrons. The minimum absolute atomic E-state index is 0.282. The summed E-state index contributed by atoms with van der Waals surface area (Å²) in [6.07, 6.45) is 5.22. The van der Waals surface area contributed by atoms with Crippen LogP contribution in [0.1, 0.15) is 47.8 Å². The van der Waals surface area contributed by atoms with E-state index >= 15 is 0 Å². The fourth-order valence-corrected chi connectivity index (χ4v) is 3.63. The molecular formula is C25H29N3O4. The Hall–Kier alpha value is -3.29. The van der Waals surface area contributed by atoms with Crippen molar-refractivity contribution in [1.29, 1.82) is 0 Å². The number of methoxy groups -OCH3 is 2. The van der Waals surface area contributed by atoms with Crippen molar-refractivity contribution in [3.05, 3.63) is 83.5 Å². The van der Waals surface area contributed by atoms with Gasteiger partial charge in [0.15, 0.2) is 0 Å². The Kier molecular flexibility index (Phi) is 7.56. The molecule has 0 unspecified atom stereocenters. The summed E-state index contributed by atoms with van der Waals surface area (Å²) in [4.78, 5) is 16.3. The van der Waals surface area contributed by atoms with Crippen LogP contribution in [0, 0.1) is 0 Å². The van der Waals surface area contributed by atoms with Gasteiger partial charge in [0.25, 0.3) is 0 Å². The first-order chi connectivity index (χ1) is 15.5. The molecule has 0 aliphatic heterocycles. The predicted octanol–water partition coefficient (Wildman–Crippen LogP) is 4.67. The minimum atomic E-state index is -0.986. The lowest BCUT2D eigenvalue weighted by atomic mass is 9.99. The van der Waals surface area contributed by atoms with E-state index in [4.69, 9.17) is 19.6 Å². The minimum Gasteiger partial charge on any atom is -0.478 e. The zero-order valence-electron chi connectivity index (χ0n) is 18.9. The number of rotatable bonds is 10. The Labute approximate surface area is 188 Å². The third kappa shape index (κ3) is 4.79. The zero-order valence-corrected chi connectivity index (χ0v) is 18.9. The van der Waals surface area contributed by atoms with E-state index in [0.717, 1.165) is 17.0 Å². The summed E-state index contributed by atoms with van der Waals surface area (Å²) in [6.45, 7) is 4.46. The lowest BCUT2D eigenvalue weighted by Gasteiger charge is -2.26. The van der Waals surface area contributed by atoms with E-state index in [2.05, 4.69) is 0 Å². The molecule has 0 saturated carbocycles. The molecule has 0 saturated heterocycles. The number of aromatic carboxylic acids is 1. The molecule has 7 nitrogen and oxygen atoms in total. The van der Waals surface area contributed by atoms with Crippen molar-refractivity contribution >= 4 is 5.97 Å². The van der Waals surface area contributed by atoms with Crippen LogP contribution in [0.2, 0.25) is 0 Å². The lowest BCUT2D eigenvalue weighted by molar-refractivity contribution is -0.222. The molecule has 0 fully saturated rings. The van der Waals surface area contributed by atoms with Gasteiger partial charge in [-0.1, -0.05) is 61.5 Å². The highest BCUT2D eigenvalue weighted by Gasteiger charge is 2.35. The number of hydrogen-bond acceptors (Lipinski definition) is 5. The predicted molar refractivity (Wildman–Crippen MR) is 122 cm³/mol. The second kappa shape index (κ2) is 10.3. The van der Waals surface area contributed by atoms with Crippen LogP contribution < -0.4 is 0 Å². The Bertz CT molecular complexity index is 1070. The summed E-state index contributed by atoms with van der Waals surface area (Å²) in [5.74, 6) is -0.619. The Balaban J connectivity index is 1.92. The third-order valence-corrected chi connectivity index (χ3v) is 5.50. The molecule has 0 aliphatic carbocycles. The Morgan fingerprint density at radius 2 is 1.81 bits per heavy atom. The van der Waals surface area contributed by atoms with Crippen LogP contribution >= 0.6 is 0 Å². The third-order valence-electron chi connectivity index (χ3n) is 5.50. The van der Waals surface area contributed by atoms with Crippen LogP contribution in [-0.2, 0) is 28.2 Å². The van der Waals surface area contributed by atoms with E-state index in [0.29, 0.717) is 30.8 Å². The van der Waals surface area contributed by atoms with Crippen molar-refractivity contribution < 1.29 is 19.4 Å². The summed E-state index contributed by atoms with van der Waals surface area (Å²) in [7, 11) is 3.18. The van der Waals surface area contributed by atoms with E-state index in [1.807, 2.05) is 67.1 Å². The average Bonchev–Trinajstić information content (AvgIpc) is 3.22. The number of carbonyl (C=O) groups is 1. The molecule has 0 aliphatic rings. The molecule has 3 aromatic rings. The monoisotopic (exact) mass is 435 g/mol. The zero-order chi connectivity index (χ0) is 23.1. The Morgan fingerprint density at radius 3 is 2.41 bits per heavy atom. The molecule has 0 atom stereocenters. The van der Waals surface area contributed by atoms with E-state index in [-0.39, 0.29) is 5.56 Å². The summed E-state index contributed by atoms with van der Waals surface area (Å²) in [5.41, 5.74) is 2.85. The topological polar surface area (TPSA) is 86.5 Å². The number of nitrogens with zero attached hydrogens (tertiary/aromatic N) is 3. The van der Waals surface area contributed by atoms with Crippen molar-refractivity contribution in [1.82, 2.24) is 14.8 Å². The van der Waals surface area contributed by atoms with Gasteiger partial charge in [-0.05, 0) is 29.7 Å². The second-order valence-corrected chi connectivity index (χ2v) is 7.34. The molecule has 1 aromatic heterocycles. The van der Waals surface area contributed by atoms with Gasteiger partial charge < -0.3 is 14.6 Å². The number of aromatic nitrogens is 3. The van der Waals surface area contributed by atoms with Gasteiger partial charge in [-0.15, -0.1) is 5.10 Å². The van der Waals surface area contributed by atoms with Crippen molar-refractivity contribution in [2.45, 2.75) is 39.0 Å². The van der Waals surface area contributed by atoms with Crippen LogP contribution in [0.25, 0.3) is 11.1 Å². The number of hydrogen-bond donors (Lipinski definition) is 1. The fourth-order valence-electron chi connectivity index (χ4n) is 3.63. The first-order valence-electron chi connectivity index (χ1n) is 10.5. The first kappa shape index (κ1) is 23.4. The van der Waals surface area contributed by atoms with Gasteiger partial charge in [0.1, 0.15) is 5.82 Å². The molecule has 0 spiro atoms. The van der Waals surface area contributed by atoms with Gasteiger partial charge in [0, 0.05) is 27.1 Å². The molecule has 0 bridgehead atoms. The van der Waals surface area contributed by atoms with Crippen molar-refractivity contribution in [3.8, 4) is 11.1 Å². The first-order valence-corrected chi connectivity index (χ1v) is 10.5. The number of ether oxygens (including phenoxy) is 2. The summed E-state index contributed by atoms with van der Waals surface area (Å²) in [5, 5.41) is 14.2. The number of carboxylic acid groups (broad SMARTS) is 1. The van der Waals surface area contributed by atoms with Gasteiger partial charge in [0.2, 0.25) is 11.6 Å². The van der Waals surface area contributed by atoms with Crippen LogP contribution in [0.3, 0.4) is 0 Å². The fraction of sp³-hybridized carbons (Fsp3) is 0.320. The van der Waals surface area contributed by atoms with Crippen molar-refractivity contribution in [2.24, 2.45) is 0 Å². The van der Waals surface area contributed by atoms with Gasteiger partial charge in [-0.2, -0.15) is 0 Å². The van der Waals surface area contributed by atoms with Crippen molar-refractivity contribution in [2.75, 3.05) is 14.2 Å². The normalized spacial score (nSPS) is 11.9. The van der Waals surface area contributed by atoms with Gasteiger partial charge in [-0.3, -0.25) is 0 Å². The van der Waals surface area contributed by atoms with Crippen LogP contribution in [0.5, 0.6) is 0 Å².